The van der Waals surface area contributed by atoms with Crippen LogP contribution in [0.5, 0.6) is 11.5 Å². The molecule has 0 unspecified atom stereocenters. The van der Waals surface area contributed by atoms with Gasteiger partial charge in [0, 0.05) is 10.1 Å². The van der Waals surface area contributed by atoms with Crippen molar-refractivity contribution in [3.05, 3.63) is 54.1 Å². The molecule has 0 amide bonds. The third-order valence-corrected chi connectivity index (χ3v) is 6.11. The number of ether oxygens (including phenoxy) is 2. The molecule has 5 heteroatoms. The lowest BCUT2D eigenvalue weighted by Gasteiger charge is -2.21. The molecule has 2 atom stereocenters. The lowest BCUT2D eigenvalue weighted by atomic mass is 10.0. The van der Waals surface area contributed by atoms with Crippen LogP contribution in [-0.4, -0.2) is 30.5 Å². The van der Waals surface area contributed by atoms with E-state index < -0.39 is 11.9 Å². The van der Waals surface area contributed by atoms with E-state index in [2.05, 4.69) is 24.3 Å². The van der Waals surface area contributed by atoms with Crippen molar-refractivity contribution >= 4 is 17.7 Å². The summed E-state index contributed by atoms with van der Waals surface area (Å²) >= 11 is 1.60. The first kappa shape index (κ1) is 21.2. The van der Waals surface area contributed by atoms with E-state index in [1.165, 1.54) is 5.56 Å². The highest BCUT2D eigenvalue weighted by Gasteiger charge is 2.24. The number of hydrogen-bond donors (Lipinski definition) is 1. The van der Waals surface area contributed by atoms with E-state index in [4.69, 9.17) is 9.47 Å². The third-order valence-electron chi connectivity index (χ3n) is 4.64. The molecule has 0 saturated carbocycles. The number of rotatable bonds is 11. The minimum absolute atomic E-state index is 0.0105. The van der Waals surface area contributed by atoms with Gasteiger partial charge in [0.15, 0.2) is 11.5 Å². The molecule has 146 valence electrons. The molecule has 0 heterocycles. The molecule has 0 saturated heterocycles. The van der Waals surface area contributed by atoms with Gasteiger partial charge in [0.25, 0.3) is 0 Å². The van der Waals surface area contributed by atoms with Crippen molar-refractivity contribution in [1.29, 1.82) is 0 Å². The Balaban J connectivity index is 1.98. The Hall–Kier alpha value is -2.14. The number of methoxy groups -OCH3 is 2. The average molecular weight is 389 g/mol. The topological polar surface area (TPSA) is 55.8 Å². The fourth-order valence-electron chi connectivity index (χ4n) is 2.95. The molecule has 0 aliphatic carbocycles. The first-order valence-corrected chi connectivity index (χ1v) is 10.1. The molecular weight excluding hydrogens is 360 g/mol. The van der Waals surface area contributed by atoms with Gasteiger partial charge in [-0.15, -0.1) is 11.8 Å². The number of hydrogen-bond acceptors (Lipinski definition) is 4. The van der Waals surface area contributed by atoms with Crippen molar-refractivity contribution in [1.82, 2.24) is 0 Å². The Morgan fingerprint density at radius 2 is 1.74 bits per heavy atom. The Morgan fingerprint density at radius 3 is 2.37 bits per heavy atom. The quantitative estimate of drug-likeness (QED) is 0.418. The average Bonchev–Trinajstić information content (AvgIpc) is 2.70. The van der Waals surface area contributed by atoms with Gasteiger partial charge < -0.3 is 14.6 Å². The second-order valence-corrected chi connectivity index (χ2v) is 7.84. The lowest BCUT2D eigenvalue weighted by molar-refractivity contribution is -0.141. The van der Waals surface area contributed by atoms with Crippen LogP contribution in [0.4, 0.5) is 0 Å². The summed E-state index contributed by atoms with van der Waals surface area (Å²) in [6, 6.07) is 16.1. The number of carboxylic acids is 1. The SMILES string of the molecule is COc1ccc(S[C@H](CCCCc2ccccc2)[C@@H](C)C(=O)O)cc1OC. The van der Waals surface area contributed by atoms with Gasteiger partial charge >= 0.3 is 5.97 Å². The van der Waals surface area contributed by atoms with Gasteiger partial charge in [-0.1, -0.05) is 43.7 Å². The number of aliphatic carboxylic acids is 1. The van der Waals surface area contributed by atoms with Gasteiger partial charge in [-0.05, 0) is 43.0 Å². The molecule has 0 radical (unpaired) electrons. The minimum Gasteiger partial charge on any atom is -0.493 e. The van der Waals surface area contributed by atoms with Crippen LogP contribution >= 0.6 is 11.8 Å². The predicted octanol–water partition coefficient (Wildman–Crippen LogP) is 5.30. The summed E-state index contributed by atoms with van der Waals surface area (Å²) in [6.07, 6.45) is 3.94. The maximum Gasteiger partial charge on any atom is 0.307 e. The lowest BCUT2D eigenvalue weighted by Crippen LogP contribution is -2.23. The second kappa shape index (κ2) is 10.9. The molecule has 0 spiro atoms. The van der Waals surface area contributed by atoms with E-state index in [0.29, 0.717) is 11.5 Å². The van der Waals surface area contributed by atoms with Crippen molar-refractivity contribution in [2.75, 3.05) is 14.2 Å². The van der Waals surface area contributed by atoms with Gasteiger partial charge in [-0.2, -0.15) is 0 Å². The van der Waals surface area contributed by atoms with Gasteiger partial charge in [-0.25, -0.2) is 0 Å². The molecule has 0 aromatic heterocycles. The van der Waals surface area contributed by atoms with Gasteiger partial charge in [0.05, 0.1) is 20.1 Å². The molecule has 27 heavy (non-hydrogen) atoms. The molecule has 2 aromatic rings. The van der Waals surface area contributed by atoms with E-state index in [0.717, 1.165) is 30.6 Å². The molecule has 4 nitrogen and oxygen atoms in total. The summed E-state index contributed by atoms with van der Waals surface area (Å²) < 4.78 is 10.6. The van der Waals surface area contributed by atoms with Crippen LogP contribution in [0.2, 0.25) is 0 Å². The van der Waals surface area contributed by atoms with E-state index in [-0.39, 0.29) is 5.25 Å². The van der Waals surface area contributed by atoms with Crippen LogP contribution in [0, 0.1) is 5.92 Å². The summed E-state index contributed by atoms with van der Waals surface area (Å²) in [5.41, 5.74) is 1.33. The summed E-state index contributed by atoms with van der Waals surface area (Å²) in [5, 5.41) is 9.50. The van der Waals surface area contributed by atoms with E-state index in [1.54, 1.807) is 32.9 Å². The number of benzene rings is 2. The highest BCUT2D eigenvalue weighted by Crippen LogP contribution is 2.37. The maximum atomic E-state index is 11.6. The third kappa shape index (κ3) is 6.51. The number of thioether (sulfide) groups is 1. The molecule has 2 rings (SSSR count). The zero-order valence-corrected chi connectivity index (χ0v) is 17.0. The second-order valence-electron chi connectivity index (χ2n) is 6.53. The van der Waals surface area contributed by atoms with Crippen molar-refractivity contribution < 1.29 is 19.4 Å². The van der Waals surface area contributed by atoms with Gasteiger partial charge in [0.1, 0.15) is 0 Å². The van der Waals surface area contributed by atoms with Crippen molar-refractivity contribution in [3.63, 3.8) is 0 Å². The van der Waals surface area contributed by atoms with Crippen LogP contribution < -0.4 is 9.47 Å². The number of carboxylic acid groups (broad SMARTS) is 1. The number of carbonyl (C=O) groups is 1. The zero-order chi connectivity index (χ0) is 19.6. The zero-order valence-electron chi connectivity index (χ0n) is 16.2. The summed E-state index contributed by atoms with van der Waals surface area (Å²) in [6.45, 7) is 1.79. The molecule has 0 aliphatic heterocycles. The Morgan fingerprint density at radius 1 is 1.04 bits per heavy atom. The highest BCUT2D eigenvalue weighted by atomic mass is 32.2. The molecule has 0 fully saturated rings. The molecule has 1 N–H and O–H groups in total. The fourth-order valence-corrected chi connectivity index (χ4v) is 4.23. The summed E-state index contributed by atoms with van der Waals surface area (Å²) in [7, 11) is 3.21. The number of aryl methyl sites for hydroxylation is 1. The van der Waals surface area contributed by atoms with Crippen LogP contribution in [0.1, 0.15) is 31.7 Å². The number of unbranched alkanes of at least 4 members (excludes halogenated alkanes) is 1. The van der Waals surface area contributed by atoms with Gasteiger partial charge in [-0.3, -0.25) is 4.79 Å². The van der Waals surface area contributed by atoms with Crippen LogP contribution in [0.15, 0.2) is 53.4 Å². The summed E-state index contributed by atoms with van der Waals surface area (Å²) in [5.74, 6) is 0.164. The molecule has 2 aromatic carbocycles. The maximum absolute atomic E-state index is 11.6. The van der Waals surface area contributed by atoms with Crippen LogP contribution in [-0.2, 0) is 11.2 Å². The highest BCUT2D eigenvalue weighted by molar-refractivity contribution is 8.00. The molecular formula is C22H28O4S. The van der Waals surface area contributed by atoms with E-state index in [1.807, 2.05) is 24.3 Å². The molecule has 0 bridgehead atoms. The van der Waals surface area contributed by atoms with Crippen molar-refractivity contribution in [2.45, 2.75) is 42.8 Å². The molecule has 0 aliphatic rings. The van der Waals surface area contributed by atoms with E-state index >= 15 is 0 Å². The Bertz CT molecular complexity index is 718. The smallest absolute Gasteiger partial charge is 0.307 e. The van der Waals surface area contributed by atoms with Crippen molar-refractivity contribution in [2.24, 2.45) is 5.92 Å². The Labute approximate surface area is 165 Å². The monoisotopic (exact) mass is 388 g/mol. The first-order valence-electron chi connectivity index (χ1n) is 9.20. The van der Waals surface area contributed by atoms with Crippen LogP contribution in [0.3, 0.4) is 0 Å². The van der Waals surface area contributed by atoms with Crippen molar-refractivity contribution in [3.8, 4) is 11.5 Å². The normalized spacial score (nSPS) is 13.0. The Kier molecular flexibility index (Phi) is 8.52. The fraction of sp³-hybridized carbons (Fsp3) is 0.409. The largest absolute Gasteiger partial charge is 0.493 e. The standard InChI is InChI=1S/C22H28O4S/c1-16(22(23)24)21(12-8-7-11-17-9-5-4-6-10-17)27-18-13-14-19(25-2)20(15-18)26-3/h4-6,9-10,13-16,21H,7-8,11-12H2,1-3H3,(H,23,24)/t16-,21-/m1/s1. The van der Waals surface area contributed by atoms with Gasteiger partial charge in [0.2, 0.25) is 0 Å². The minimum atomic E-state index is -0.754. The van der Waals surface area contributed by atoms with Crippen LogP contribution in [0.25, 0.3) is 0 Å². The first-order chi connectivity index (χ1) is 13.0. The summed E-state index contributed by atoms with van der Waals surface area (Å²) in [4.78, 5) is 12.5. The predicted molar refractivity (Wildman–Crippen MR) is 110 cm³/mol. The van der Waals surface area contributed by atoms with E-state index in [9.17, 15) is 9.90 Å².